The Labute approximate surface area is 115 Å². The Hall–Kier alpha value is -1.26. The molecule has 1 aromatic heterocycles. The molecule has 0 saturated carbocycles. The van der Waals surface area contributed by atoms with Crippen molar-refractivity contribution >= 4 is 23.2 Å². The van der Waals surface area contributed by atoms with Crippen LogP contribution in [0, 0.1) is 0 Å². The van der Waals surface area contributed by atoms with Crippen molar-refractivity contribution in [3.63, 3.8) is 0 Å². The lowest BCUT2D eigenvalue weighted by Gasteiger charge is -2.05. The van der Waals surface area contributed by atoms with Gasteiger partial charge in [-0.05, 0) is 31.2 Å². The van der Waals surface area contributed by atoms with Crippen molar-refractivity contribution in [2.24, 2.45) is 0 Å². The fraction of sp³-hybridized carbons (Fsp3) is 0.333. The Kier molecular flexibility index (Phi) is 4.44. The van der Waals surface area contributed by atoms with Gasteiger partial charge in [-0.1, -0.05) is 16.8 Å². The maximum atomic E-state index is 5.90. The molecule has 6 heteroatoms. The van der Waals surface area contributed by atoms with Crippen molar-refractivity contribution in [3.8, 4) is 5.75 Å². The van der Waals surface area contributed by atoms with Gasteiger partial charge in [-0.2, -0.15) is 0 Å². The third-order valence-corrected chi connectivity index (χ3v) is 2.84. The van der Waals surface area contributed by atoms with Crippen LogP contribution >= 0.6 is 23.2 Å². The molecule has 0 fully saturated rings. The van der Waals surface area contributed by atoms with Crippen LogP contribution in [-0.4, -0.2) is 21.6 Å². The number of halogens is 2. The highest BCUT2D eigenvalue weighted by molar-refractivity contribution is 6.30. The molecule has 0 bridgehead atoms. The number of nitrogens with zero attached hydrogens (tertiary/aromatic N) is 3. The lowest BCUT2D eigenvalue weighted by atomic mass is 10.3. The summed E-state index contributed by atoms with van der Waals surface area (Å²) in [5, 5.41) is 8.49. The fourth-order valence-corrected chi connectivity index (χ4v) is 1.62. The van der Waals surface area contributed by atoms with Gasteiger partial charge >= 0.3 is 0 Å². The first kappa shape index (κ1) is 13.2. The zero-order chi connectivity index (χ0) is 13.0. The molecule has 1 aromatic carbocycles. The summed E-state index contributed by atoms with van der Waals surface area (Å²) in [5.74, 6) is 0.783. The average molecular weight is 286 g/mol. The van der Waals surface area contributed by atoms with Crippen molar-refractivity contribution in [3.05, 3.63) is 41.2 Å². The summed E-state index contributed by atoms with van der Waals surface area (Å²) in [6, 6.07) is 7.24. The van der Waals surface area contributed by atoms with E-state index in [1.165, 1.54) is 0 Å². The Morgan fingerprint density at radius 2 is 2.06 bits per heavy atom. The van der Waals surface area contributed by atoms with Crippen LogP contribution in [-0.2, 0) is 6.54 Å². The molecule has 1 atom stereocenters. The molecule has 0 amide bonds. The summed E-state index contributed by atoms with van der Waals surface area (Å²) in [5.41, 5.74) is 0.767. The molecule has 1 heterocycles. The standard InChI is InChI=1S/C12H13Cl2N3O/c1-9(13)12-8-17(16-15-12)6-7-18-11-4-2-10(14)3-5-11/h2-5,8-9H,6-7H2,1H3. The molecule has 0 radical (unpaired) electrons. The zero-order valence-corrected chi connectivity index (χ0v) is 11.4. The highest BCUT2D eigenvalue weighted by atomic mass is 35.5. The van der Waals surface area contributed by atoms with Crippen molar-refractivity contribution < 1.29 is 4.74 Å². The first-order valence-electron chi connectivity index (χ1n) is 5.57. The van der Waals surface area contributed by atoms with Gasteiger partial charge in [0.05, 0.1) is 18.1 Å². The predicted octanol–water partition coefficient (Wildman–Crippen LogP) is 3.31. The SMILES string of the molecule is CC(Cl)c1cn(CCOc2ccc(Cl)cc2)nn1. The van der Waals surface area contributed by atoms with E-state index in [0.29, 0.717) is 18.2 Å². The largest absolute Gasteiger partial charge is 0.492 e. The van der Waals surface area contributed by atoms with E-state index in [9.17, 15) is 0 Å². The van der Waals surface area contributed by atoms with Gasteiger partial charge in [-0.3, -0.25) is 0 Å². The van der Waals surface area contributed by atoms with Crippen LogP contribution in [0.1, 0.15) is 18.0 Å². The van der Waals surface area contributed by atoms with E-state index in [0.717, 1.165) is 11.4 Å². The lowest BCUT2D eigenvalue weighted by Crippen LogP contribution is -2.08. The molecular weight excluding hydrogens is 273 g/mol. The normalized spacial score (nSPS) is 12.4. The minimum Gasteiger partial charge on any atom is -0.492 e. The van der Waals surface area contributed by atoms with Crippen LogP contribution in [0.2, 0.25) is 5.02 Å². The molecule has 0 spiro atoms. The van der Waals surface area contributed by atoms with Crippen molar-refractivity contribution in [2.45, 2.75) is 18.8 Å². The summed E-state index contributed by atoms with van der Waals surface area (Å²) < 4.78 is 7.27. The summed E-state index contributed by atoms with van der Waals surface area (Å²) in [6.45, 7) is 3.00. The third kappa shape index (κ3) is 3.62. The first-order valence-corrected chi connectivity index (χ1v) is 6.39. The number of alkyl halides is 1. The fourth-order valence-electron chi connectivity index (χ4n) is 1.39. The van der Waals surface area contributed by atoms with Crippen LogP contribution in [0.15, 0.2) is 30.5 Å². The van der Waals surface area contributed by atoms with E-state index in [1.54, 1.807) is 16.8 Å². The molecule has 2 rings (SSSR count). The van der Waals surface area contributed by atoms with Gasteiger partial charge in [0.2, 0.25) is 0 Å². The van der Waals surface area contributed by atoms with E-state index >= 15 is 0 Å². The molecule has 1 unspecified atom stereocenters. The number of hydrogen-bond donors (Lipinski definition) is 0. The highest BCUT2D eigenvalue weighted by Crippen LogP contribution is 2.16. The molecule has 0 aliphatic rings. The molecule has 0 aliphatic carbocycles. The van der Waals surface area contributed by atoms with E-state index < -0.39 is 0 Å². The Morgan fingerprint density at radius 1 is 1.33 bits per heavy atom. The summed E-state index contributed by atoms with van der Waals surface area (Å²) in [7, 11) is 0. The minimum absolute atomic E-state index is 0.129. The van der Waals surface area contributed by atoms with Crippen LogP contribution in [0.3, 0.4) is 0 Å². The minimum atomic E-state index is -0.129. The van der Waals surface area contributed by atoms with Gasteiger partial charge in [-0.25, -0.2) is 4.68 Å². The maximum absolute atomic E-state index is 5.90. The third-order valence-electron chi connectivity index (χ3n) is 2.37. The van der Waals surface area contributed by atoms with E-state index in [4.69, 9.17) is 27.9 Å². The molecule has 96 valence electrons. The number of rotatable bonds is 5. The van der Waals surface area contributed by atoms with Crippen LogP contribution < -0.4 is 4.74 Å². The molecule has 0 aliphatic heterocycles. The van der Waals surface area contributed by atoms with E-state index in [1.807, 2.05) is 25.3 Å². The van der Waals surface area contributed by atoms with Gasteiger partial charge in [0.1, 0.15) is 18.1 Å². The second-order valence-corrected chi connectivity index (χ2v) is 4.92. The van der Waals surface area contributed by atoms with Crippen molar-refractivity contribution in [1.29, 1.82) is 0 Å². The molecule has 18 heavy (non-hydrogen) atoms. The second-order valence-electron chi connectivity index (χ2n) is 3.82. The monoisotopic (exact) mass is 285 g/mol. The molecule has 0 N–H and O–H groups in total. The smallest absolute Gasteiger partial charge is 0.119 e. The first-order chi connectivity index (χ1) is 8.65. The average Bonchev–Trinajstić information content (AvgIpc) is 2.81. The number of hydrogen-bond acceptors (Lipinski definition) is 3. The van der Waals surface area contributed by atoms with Crippen LogP contribution in [0.5, 0.6) is 5.75 Å². The lowest BCUT2D eigenvalue weighted by molar-refractivity contribution is 0.289. The molecule has 2 aromatic rings. The van der Waals surface area contributed by atoms with Crippen molar-refractivity contribution in [2.75, 3.05) is 6.61 Å². The van der Waals surface area contributed by atoms with Crippen molar-refractivity contribution in [1.82, 2.24) is 15.0 Å². The molecule has 0 saturated heterocycles. The van der Waals surface area contributed by atoms with Gasteiger partial charge in [0.15, 0.2) is 0 Å². The highest BCUT2D eigenvalue weighted by Gasteiger charge is 2.06. The maximum Gasteiger partial charge on any atom is 0.119 e. The predicted molar refractivity (Wildman–Crippen MR) is 71.2 cm³/mol. The number of benzene rings is 1. The van der Waals surface area contributed by atoms with Gasteiger partial charge < -0.3 is 4.74 Å². The Bertz CT molecular complexity index is 496. The van der Waals surface area contributed by atoms with E-state index in [-0.39, 0.29) is 5.38 Å². The molecular formula is C12H13Cl2N3O. The second kappa shape index (κ2) is 6.07. The Morgan fingerprint density at radius 3 is 2.67 bits per heavy atom. The van der Waals surface area contributed by atoms with Gasteiger partial charge in [0.25, 0.3) is 0 Å². The van der Waals surface area contributed by atoms with E-state index in [2.05, 4.69) is 10.3 Å². The van der Waals surface area contributed by atoms with Crippen LogP contribution in [0.25, 0.3) is 0 Å². The molecule has 4 nitrogen and oxygen atoms in total. The topological polar surface area (TPSA) is 39.9 Å². The summed E-state index contributed by atoms with van der Waals surface area (Å²) >= 11 is 11.7. The summed E-state index contributed by atoms with van der Waals surface area (Å²) in [6.07, 6.45) is 1.82. The number of aromatic nitrogens is 3. The number of ether oxygens (including phenoxy) is 1. The quantitative estimate of drug-likeness (QED) is 0.792. The Balaban J connectivity index is 1.82. The summed E-state index contributed by atoms with van der Waals surface area (Å²) in [4.78, 5) is 0. The zero-order valence-electron chi connectivity index (χ0n) is 9.88. The van der Waals surface area contributed by atoms with Crippen LogP contribution in [0.4, 0.5) is 0 Å². The van der Waals surface area contributed by atoms with Gasteiger partial charge in [0, 0.05) is 5.02 Å². The van der Waals surface area contributed by atoms with Gasteiger partial charge in [-0.15, -0.1) is 16.7 Å².